The Morgan fingerprint density at radius 3 is 2.50 bits per heavy atom. The number of benzene rings is 1. The number of hydrogen-bond acceptors (Lipinski definition) is 4. The topological polar surface area (TPSA) is 90.3 Å². The zero-order valence-corrected chi connectivity index (χ0v) is 6.23. The molecule has 0 saturated carbocycles. The molecular weight excluding hydrogens is 156 g/mol. The molecule has 0 radical (unpaired) electrons. The van der Waals surface area contributed by atoms with E-state index in [1.54, 1.807) is 0 Å². The SMILES string of the molecule is N#C[C@@H](N)c1ccc(O)c(O)c1. The quantitative estimate of drug-likeness (QED) is 0.531. The predicted octanol–water partition coefficient (Wildman–Crippen LogP) is 0.621. The third kappa shape index (κ3) is 1.47. The minimum atomic E-state index is -0.767. The molecule has 0 unspecified atom stereocenters. The summed E-state index contributed by atoms with van der Waals surface area (Å²) in [7, 11) is 0. The molecule has 1 aromatic carbocycles. The van der Waals surface area contributed by atoms with Gasteiger partial charge in [-0.05, 0) is 17.7 Å². The standard InChI is InChI=1S/C8H8N2O2/c9-4-6(10)5-1-2-7(11)8(12)3-5/h1-3,6,11-12H,10H2/t6-/m1/s1. The molecule has 0 saturated heterocycles. The van der Waals surface area contributed by atoms with Crippen LogP contribution in [0.1, 0.15) is 11.6 Å². The van der Waals surface area contributed by atoms with Gasteiger partial charge in [0.25, 0.3) is 0 Å². The van der Waals surface area contributed by atoms with Gasteiger partial charge in [0, 0.05) is 0 Å². The van der Waals surface area contributed by atoms with Gasteiger partial charge >= 0.3 is 0 Å². The summed E-state index contributed by atoms with van der Waals surface area (Å²) in [6, 6.07) is 5.10. The molecule has 12 heavy (non-hydrogen) atoms. The molecule has 0 aromatic heterocycles. The maximum absolute atomic E-state index is 9.03. The molecule has 4 nitrogen and oxygen atoms in total. The smallest absolute Gasteiger partial charge is 0.157 e. The van der Waals surface area contributed by atoms with Crippen molar-refractivity contribution >= 4 is 0 Å². The van der Waals surface area contributed by atoms with Crippen molar-refractivity contribution < 1.29 is 10.2 Å². The van der Waals surface area contributed by atoms with Gasteiger partial charge in [-0.2, -0.15) is 5.26 Å². The fourth-order valence-corrected chi connectivity index (χ4v) is 0.808. The lowest BCUT2D eigenvalue weighted by atomic mass is 10.1. The predicted molar refractivity (Wildman–Crippen MR) is 42.3 cm³/mol. The Balaban J connectivity index is 3.06. The Kier molecular flexibility index (Phi) is 2.17. The summed E-state index contributed by atoms with van der Waals surface area (Å²) in [5.74, 6) is -0.484. The first-order valence-corrected chi connectivity index (χ1v) is 3.32. The van der Waals surface area contributed by atoms with Crippen molar-refractivity contribution in [2.45, 2.75) is 6.04 Å². The van der Waals surface area contributed by atoms with Gasteiger partial charge in [-0.15, -0.1) is 0 Å². The summed E-state index contributed by atoms with van der Waals surface area (Å²) in [5.41, 5.74) is 5.84. The second-order valence-corrected chi connectivity index (χ2v) is 2.35. The van der Waals surface area contributed by atoms with Crippen molar-refractivity contribution in [1.82, 2.24) is 0 Å². The van der Waals surface area contributed by atoms with Gasteiger partial charge in [0.15, 0.2) is 11.5 Å². The highest BCUT2D eigenvalue weighted by Crippen LogP contribution is 2.26. The fraction of sp³-hybridized carbons (Fsp3) is 0.125. The molecule has 4 N–H and O–H groups in total. The second kappa shape index (κ2) is 3.11. The van der Waals surface area contributed by atoms with Crippen molar-refractivity contribution in [3.63, 3.8) is 0 Å². The van der Waals surface area contributed by atoms with Crippen molar-refractivity contribution in [2.75, 3.05) is 0 Å². The Labute approximate surface area is 69.5 Å². The Bertz CT molecular complexity index is 330. The fourth-order valence-electron chi connectivity index (χ4n) is 0.808. The average Bonchev–Trinajstić information content (AvgIpc) is 2.08. The molecule has 0 aliphatic rings. The first-order valence-electron chi connectivity index (χ1n) is 3.32. The van der Waals surface area contributed by atoms with Gasteiger partial charge < -0.3 is 15.9 Å². The zero-order chi connectivity index (χ0) is 9.14. The third-order valence-corrected chi connectivity index (χ3v) is 1.50. The first kappa shape index (κ1) is 8.37. The molecule has 0 amide bonds. The summed E-state index contributed by atoms with van der Waals surface area (Å²) >= 11 is 0. The van der Waals surface area contributed by atoms with Crippen molar-refractivity contribution in [3.05, 3.63) is 23.8 Å². The molecule has 0 fully saturated rings. The van der Waals surface area contributed by atoms with Gasteiger partial charge in [0.05, 0.1) is 6.07 Å². The van der Waals surface area contributed by atoms with Crippen LogP contribution in [-0.2, 0) is 0 Å². The number of phenolic OH excluding ortho intramolecular Hbond substituents is 2. The van der Waals surface area contributed by atoms with E-state index in [1.165, 1.54) is 18.2 Å². The number of hydrogen-bond donors (Lipinski definition) is 3. The molecule has 0 heterocycles. The van der Waals surface area contributed by atoms with E-state index in [0.29, 0.717) is 5.56 Å². The molecule has 1 aromatic rings. The van der Waals surface area contributed by atoms with Crippen molar-refractivity contribution in [2.24, 2.45) is 5.73 Å². The van der Waals surface area contributed by atoms with E-state index in [-0.39, 0.29) is 11.5 Å². The van der Waals surface area contributed by atoms with Gasteiger partial charge in [0.1, 0.15) is 6.04 Å². The van der Waals surface area contributed by atoms with E-state index in [1.807, 2.05) is 6.07 Å². The molecule has 0 bridgehead atoms. The summed E-state index contributed by atoms with van der Waals surface area (Å²) in [5, 5.41) is 26.4. The number of rotatable bonds is 1. The van der Waals surface area contributed by atoms with Gasteiger partial charge in [0.2, 0.25) is 0 Å². The lowest BCUT2D eigenvalue weighted by molar-refractivity contribution is 0.403. The maximum atomic E-state index is 9.03. The van der Waals surface area contributed by atoms with Gasteiger partial charge in [-0.1, -0.05) is 6.07 Å². The minimum Gasteiger partial charge on any atom is -0.504 e. The highest BCUT2D eigenvalue weighted by molar-refractivity contribution is 5.42. The maximum Gasteiger partial charge on any atom is 0.157 e. The molecule has 1 rings (SSSR count). The normalized spacial score (nSPS) is 12.0. The van der Waals surface area contributed by atoms with Crippen LogP contribution in [0.15, 0.2) is 18.2 Å². The van der Waals surface area contributed by atoms with Crippen LogP contribution in [0.3, 0.4) is 0 Å². The molecule has 0 aliphatic carbocycles. The monoisotopic (exact) mass is 164 g/mol. The largest absolute Gasteiger partial charge is 0.504 e. The molecule has 62 valence electrons. The summed E-state index contributed by atoms with van der Waals surface area (Å²) < 4.78 is 0. The minimum absolute atomic E-state index is 0.219. The Morgan fingerprint density at radius 2 is 2.00 bits per heavy atom. The van der Waals surface area contributed by atoms with Crippen LogP contribution in [0.5, 0.6) is 11.5 Å². The number of nitrogens with two attached hydrogens (primary N) is 1. The Hall–Kier alpha value is -1.73. The Morgan fingerprint density at radius 1 is 1.33 bits per heavy atom. The third-order valence-electron chi connectivity index (χ3n) is 1.50. The highest BCUT2D eigenvalue weighted by Gasteiger charge is 2.06. The summed E-state index contributed by atoms with van der Waals surface area (Å²) in [6.45, 7) is 0. The first-order chi connectivity index (χ1) is 5.65. The average molecular weight is 164 g/mol. The summed E-state index contributed by atoms with van der Waals surface area (Å²) in [6.07, 6.45) is 0. The second-order valence-electron chi connectivity index (χ2n) is 2.35. The number of aromatic hydroxyl groups is 2. The molecule has 0 aliphatic heterocycles. The van der Waals surface area contributed by atoms with Gasteiger partial charge in [-0.3, -0.25) is 0 Å². The number of nitriles is 1. The van der Waals surface area contributed by atoms with Crippen LogP contribution < -0.4 is 5.73 Å². The van der Waals surface area contributed by atoms with Crippen LogP contribution in [0, 0.1) is 11.3 Å². The van der Waals surface area contributed by atoms with Crippen LogP contribution in [0.2, 0.25) is 0 Å². The van der Waals surface area contributed by atoms with E-state index in [9.17, 15) is 0 Å². The van der Waals surface area contributed by atoms with E-state index in [4.69, 9.17) is 21.2 Å². The molecule has 1 atom stereocenters. The van der Waals surface area contributed by atoms with Crippen LogP contribution in [-0.4, -0.2) is 10.2 Å². The number of phenols is 2. The van der Waals surface area contributed by atoms with E-state index >= 15 is 0 Å². The van der Waals surface area contributed by atoms with Crippen LogP contribution in [0.4, 0.5) is 0 Å². The summed E-state index contributed by atoms with van der Waals surface area (Å²) in [4.78, 5) is 0. The number of nitrogens with zero attached hydrogens (tertiary/aromatic N) is 1. The highest BCUT2D eigenvalue weighted by atomic mass is 16.3. The lowest BCUT2D eigenvalue weighted by Crippen LogP contribution is -2.06. The van der Waals surface area contributed by atoms with Crippen LogP contribution >= 0.6 is 0 Å². The molecule has 0 spiro atoms. The van der Waals surface area contributed by atoms with E-state index in [0.717, 1.165) is 0 Å². The van der Waals surface area contributed by atoms with Crippen molar-refractivity contribution in [3.8, 4) is 17.6 Å². The lowest BCUT2D eigenvalue weighted by Gasteiger charge is -2.03. The van der Waals surface area contributed by atoms with Gasteiger partial charge in [-0.25, -0.2) is 0 Å². The zero-order valence-electron chi connectivity index (χ0n) is 6.23. The van der Waals surface area contributed by atoms with Crippen molar-refractivity contribution in [1.29, 1.82) is 5.26 Å². The van der Waals surface area contributed by atoms with E-state index < -0.39 is 6.04 Å². The van der Waals surface area contributed by atoms with Crippen LogP contribution in [0.25, 0.3) is 0 Å². The molecular formula is C8H8N2O2. The molecule has 4 heteroatoms. The van der Waals surface area contributed by atoms with E-state index in [2.05, 4.69) is 0 Å².